The van der Waals surface area contributed by atoms with Crippen LogP contribution in [0.5, 0.6) is 17.2 Å². The van der Waals surface area contributed by atoms with E-state index in [9.17, 15) is 5.11 Å². The second-order valence-corrected chi connectivity index (χ2v) is 6.43. The van der Waals surface area contributed by atoms with Crippen molar-refractivity contribution in [2.75, 3.05) is 21.3 Å². The molecule has 4 nitrogen and oxygen atoms in total. The van der Waals surface area contributed by atoms with Crippen LogP contribution in [0.4, 0.5) is 0 Å². The number of hydrogen-bond acceptors (Lipinski definition) is 5. The summed E-state index contributed by atoms with van der Waals surface area (Å²) in [7, 11) is 4.55. The third kappa shape index (κ3) is 3.21. The van der Waals surface area contributed by atoms with E-state index >= 15 is 0 Å². The minimum absolute atomic E-state index is 0.446. The molecule has 1 aromatic carbocycles. The number of aliphatic hydroxyl groups excluding tert-OH is 1. The van der Waals surface area contributed by atoms with E-state index in [4.69, 9.17) is 37.4 Å². The summed E-state index contributed by atoms with van der Waals surface area (Å²) in [6.07, 6.45) is -0.935. The number of ether oxygens (including phenoxy) is 3. The maximum atomic E-state index is 10.5. The Morgan fingerprint density at radius 2 is 1.57 bits per heavy atom. The molecular weight excluding hydrogens is 335 g/mol. The average molecular weight is 349 g/mol. The lowest BCUT2D eigenvalue weighted by Crippen LogP contribution is -2.02. The SMILES string of the molecule is COc1cc(C(O)c2cc(Cl)sc2Cl)cc(OC)c1OC. The summed E-state index contributed by atoms with van der Waals surface area (Å²) < 4.78 is 16.7. The lowest BCUT2D eigenvalue weighted by atomic mass is 10.0. The number of thiophene rings is 1. The Kier molecular flexibility index (Phi) is 5.22. The van der Waals surface area contributed by atoms with Gasteiger partial charge in [0, 0.05) is 5.56 Å². The van der Waals surface area contributed by atoms with E-state index in [0.29, 0.717) is 37.0 Å². The highest BCUT2D eigenvalue weighted by Crippen LogP contribution is 2.43. The zero-order valence-corrected chi connectivity index (χ0v) is 14.0. The first-order valence-corrected chi connectivity index (χ1v) is 7.51. The Bertz CT molecular complexity index is 617. The first-order chi connectivity index (χ1) is 10.0. The predicted octanol–water partition coefficient (Wildman–Crippen LogP) is 4.16. The van der Waals surface area contributed by atoms with Crippen LogP contribution in [0.25, 0.3) is 0 Å². The van der Waals surface area contributed by atoms with Gasteiger partial charge in [-0.05, 0) is 23.8 Å². The van der Waals surface area contributed by atoms with Gasteiger partial charge in [-0.2, -0.15) is 0 Å². The monoisotopic (exact) mass is 348 g/mol. The van der Waals surface area contributed by atoms with Gasteiger partial charge >= 0.3 is 0 Å². The van der Waals surface area contributed by atoms with Crippen molar-refractivity contribution in [2.24, 2.45) is 0 Å². The normalized spacial score (nSPS) is 12.1. The minimum atomic E-state index is -0.935. The van der Waals surface area contributed by atoms with Gasteiger partial charge in [0.1, 0.15) is 10.4 Å². The molecule has 1 unspecified atom stereocenters. The molecule has 21 heavy (non-hydrogen) atoms. The fraction of sp³-hybridized carbons (Fsp3) is 0.286. The molecule has 0 amide bonds. The van der Waals surface area contributed by atoms with Crippen LogP contribution in [0.2, 0.25) is 8.67 Å². The summed E-state index contributed by atoms with van der Waals surface area (Å²) in [6, 6.07) is 4.99. The van der Waals surface area contributed by atoms with Crippen LogP contribution in [0.1, 0.15) is 17.2 Å². The number of methoxy groups -OCH3 is 3. The quantitative estimate of drug-likeness (QED) is 0.881. The molecule has 0 fully saturated rings. The van der Waals surface area contributed by atoms with Crippen molar-refractivity contribution in [1.82, 2.24) is 0 Å². The van der Waals surface area contributed by atoms with Crippen molar-refractivity contribution in [3.05, 3.63) is 38.0 Å². The lowest BCUT2D eigenvalue weighted by Gasteiger charge is -2.17. The van der Waals surface area contributed by atoms with Crippen LogP contribution in [0, 0.1) is 0 Å². The fourth-order valence-corrected chi connectivity index (χ4v) is 3.50. The highest BCUT2D eigenvalue weighted by molar-refractivity contribution is 7.20. The van der Waals surface area contributed by atoms with Gasteiger partial charge in [-0.1, -0.05) is 23.2 Å². The number of benzene rings is 1. The summed E-state index contributed by atoms with van der Waals surface area (Å²) in [5.41, 5.74) is 1.11. The fourth-order valence-electron chi connectivity index (χ4n) is 1.98. The van der Waals surface area contributed by atoms with Crippen molar-refractivity contribution in [3.63, 3.8) is 0 Å². The summed E-state index contributed by atoms with van der Waals surface area (Å²) in [5.74, 6) is 1.39. The van der Waals surface area contributed by atoms with Crippen molar-refractivity contribution in [3.8, 4) is 17.2 Å². The molecule has 1 atom stereocenters. The maximum absolute atomic E-state index is 10.5. The van der Waals surface area contributed by atoms with Gasteiger partial charge in [0.2, 0.25) is 5.75 Å². The summed E-state index contributed by atoms with van der Waals surface area (Å²) in [4.78, 5) is 0. The van der Waals surface area contributed by atoms with E-state index in [0.717, 1.165) is 0 Å². The van der Waals surface area contributed by atoms with Gasteiger partial charge in [-0.25, -0.2) is 0 Å². The first-order valence-electron chi connectivity index (χ1n) is 5.94. The van der Waals surface area contributed by atoms with Crippen LogP contribution < -0.4 is 14.2 Å². The molecule has 1 heterocycles. The van der Waals surface area contributed by atoms with Crippen LogP contribution >= 0.6 is 34.5 Å². The van der Waals surface area contributed by atoms with Gasteiger partial charge in [0.05, 0.1) is 25.7 Å². The third-order valence-corrected chi connectivity index (χ3v) is 4.50. The van der Waals surface area contributed by atoms with Gasteiger partial charge in [0.25, 0.3) is 0 Å². The highest BCUT2D eigenvalue weighted by atomic mass is 35.5. The molecule has 0 radical (unpaired) electrons. The molecule has 114 valence electrons. The minimum Gasteiger partial charge on any atom is -0.493 e. The van der Waals surface area contributed by atoms with Gasteiger partial charge in [-0.15, -0.1) is 11.3 Å². The molecule has 1 aromatic heterocycles. The van der Waals surface area contributed by atoms with E-state index in [1.54, 1.807) is 18.2 Å². The van der Waals surface area contributed by atoms with Crippen molar-refractivity contribution >= 4 is 34.5 Å². The second-order valence-electron chi connectivity index (χ2n) is 4.14. The Morgan fingerprint density at radius 1 is 1.00 bits per heavy atom. The zero-order chi connectivity index (χ0) is 15.6. The highest BCUT2D eigenvalue weighted by Gasteiger charge is 2.21. The summed E-state index contributed by atoms with van der Waals surface area (Å²) >= 11 is 13.2. The number of rotatable bonds is 5. The van der Waals surface area contributed by atoms with E-state index in [-0.39, 0.29) is 0 Å². The maximum Gasteiger partial charge on any atom is 0.203 e. The molecule has 0 aliphatic heterocycles. The average Bonchev–Trinajstić information content (AvgIpc) is 2.83. The van der Waals surface area contributed by atoms with E-state index < -0.39 is 6.10 Å². The third-order valence-electron chi connectivity index (χ3n) is 2.98. The Balaban J connectivity index is 2.51. The zero-order valence-electron chi connectivity index (χ0n) is 11.6. The Hall–Kier alpha value is -1.14. The van der Waals surface area contributed by atoms with Crippen molar-refractivity contribution in [1.29, 1.82) is 0 Å². The molecule has 1 N–H and O–H groups in total. The molecule has 2 aromatic rings. The second kappa shape index (κ2) is 6.75. The number of hydrogen-bond donors (Lipinski definition) is 1. The van der Waals surface area contributed by atoms with E-state index in [1.165, 1.54) is 32.7 Å². The standard InChI is InChI=1S/C14H14Cl2O4S/c1-18-9-4-7(5-10(19-2)13(9)20-3)12(17)8-6-11(15)21-14(8)16/h4-6,12,17H,1-3H3. The molecule has 0 aliphatic rings. The molecule has 7 heteroatoms. The number of halogens is 2. The van der Waals surface area contributed by atoms with Crippen LogP contribution in [-0.2, 0) is 0 Å². The van der Waals surface area contributed by atoms with E-state index in [2.05, 4.69) is 0 Å². The van der Waals surface area contributed by atoms with Crippen LogP contribution in [0.3, 0.4) is 0 Å². The van der Waals surface area contributed by atoms with Crippen molar-refractivity contribution in [2.45, 2.75) is 6.10 Å². The molecule has 0 saturated heterocycles. The first kappa shape index (κ1) is 16.2. The summed E-state index contributed by atoms with van der Waals surface area (Å²) in [6.45, 7) is 0. The molecule has 0 spiro atoms. The molecule has 0 bridgehead atoms. The topological polar surface area (TPSA) is 47.9 Å². The molecular formula is C14H14Cl2O4S. The van der Waals surface area contributed by atoms with Crippen LogP contribution in [0.15, 0.2) is 18.2 Å². The molecule has 0 saturated carbocycles. The van der Waals surface area contributed by atoms with Crippen LogP contribution in [-0.4, -0.2) is 26.4 Å². The van der Waals surface area contributed by atoms with E-state index in [1.807, 2.05) is 0 Å². The van der Waals surface area contributed by atoms with Gasteiger partial charge in [0.15, 0.2) is 11.5 Å². The van der Waals surface area contributed by atoms with Crippen molar-refractivity contribution < 1.29 is 19.3 Å². The van der Waals surface area contributed by atoms with Gasteiger partial charge < -0.3 is 19.3 Å². The molecule has 2 rings (SSSR count). The summed E-state index contributed by atoms with van der Waals surface area (Å²) in [5, 5.41) is 10.5. The molecule has 0 aliphatic carbocycles. The predicted molar refractivity (Wildman–Crippen MR) is 84.5 cm³/mol. The Labute approximate surface area is 136 Å². The van der Waals surface area contributed by atoms with Gasteiger partial charge in [-0.3, -0.25) is 0 Å². The lowest BCUT2D eigenvalue weighted by molar-refractivity contribution is 0.219. The number of aliphatic hydroxyl groups is 1. The largest absolute Gasteiger partial charge is 0.493 e. The Morgan fingerprint density at radius 3 is 1.95 bits per heavy atom. The smallest absolute Gasteiger partial charge is 0.203 e.